The quantitative estimate of drug-likeness (QED) is 0.604. The molecule has 0 amide bonds. The lowest BCUT2D eigenvalue weighted by Crippen LogP contribution is -2.46. The van der Waals surface area contributed by atoms with E-state index in [1.807, 2.05) is 24.4 Å². The van der Waals surface area contributed by atoms with Crippen LogP contribution in [0.5, 0.6) is 11.5 Å². The monoisotopic (exact) mass is 432 g/mol. The molecular formula is C26H32N4O2. The lowest BCUT2D eigenvalue weighted by molar-refractivity contribution is 0.0698. The molecular weight excluding hydrogens is 400 g/mol. The zero-order valence-electron chi connectivity index (χ0n) is 19.3. The summed E-state index contributed by atoms with van der Waals surface area (Å²) in [5, 5.41) is 1.21. The summed E-state index contributed by atoms with van der Waals surface area (Å²) in [6, 6.07) is 15.3. The number of anilines is 1. The van der Waals surface area contributed by atoms with E-state index in [0.717, 1.165) is 56.3 Å². The molecule has 2 aromatic carbocycles. The minimum absolute atomic E-state index is 0.453. The van der Waals surface area contributed by atoms with Crippen LogP contribution in [0.15, 0.2) is 48.7 Å². The Hall–Kier alpha value is -2.83. The molecule has 0 saturated carbocycles. The van der Waals surface area contributed by atoms with Crippen molar-refractivity contribution >= 4 is 16.6 Å². The van der Waals surface area contributed by atoms with Gasteiger partial charge in [0.1, 0.15) is 18.0 Å². The van der Waals surface area contributed by atoms with Crippen LogP contribution in [0, 0.1) is 0 Å². The molecule has 0 N–H and O–H groups in total. The molecule has 0 bridgehead atoms. The normalized spacial score (nSPS) is 17.4. The van der Waals surface area contributed by atoms with Crippen molar-refractivity contribution in [2.75, 3.05) is 44.9 Å². The van der Waals surface area contributed by atoms with Gasteiger partial charge in [-0.1, -0.05) is 18.2 Å². The molecule has 0 unspecified atom stereocenters. The highest BCUT2D eigenvalue weighted by Gasteiger charge is 2.25. The highest BCUT2D eigenvalue weighted by Crippen LogP contribution is 2.36. The predicted octanol–water partition coefficient (Wildman–Crippen LogP) is 4.13. The maximum absolute atomic E-state index is 6.17. The van der Waals surface area contributed by atoms with Gasteiger partial charge in [0.25, 0.3) is 0 Å². The molecule has 0 radical (unpaired) electrons. The van der Waals surface area contributed by atoms with Gasteiger partial charge in [0.05, 0.1) is 12.8 Å². The minimum Gasteiger partial charge on any atom is -0.495 e. The zero-order valence-corrected chi connectivity index (χ0v) is 19.3. The Morgan fingerprint density at radius 2 is 1.88 bits per heavy atom. The van der Waals surface area contributed by atoms with Crippen molar-refractivity contribution in [2.24, 2.45) is 0 Å². The standard InChI is InChI=1S/C26H32N4O2/c1-19(2)30-17-21-15-20(22-7-6-10-27-25(22)26(21)32-18-30)16-28-11-13-29(14-12-28)23-8-4-5-9-24(23)31-3/h4-10,15,19H,11-14,16-18H2,1-3H3. The third-order valence-corrected chi connectivity index (χ3v) is 6.68. The first-order valence-electron chi connectivity index (χ1n) is 11.5. The molecule has 2 aliphatic rings. The maximum atomic E-state index is 6.17. The molecule has 1 saturated heterocycles. The van der Waals surface area contributed by atoms with Gasteiger partial charge in [0.2, 0.25) is 0 Å². The molecule has 3 heterocycles. The zero-order chi connectivity index (χ0) is 22.1. The van der Waals surface area contributed by atoms with Crippen molar-refractivity contribution in [3.8, 4) is 11.5 Å². The van der Waals surface area contributed by atoms with Gasteiger partial charge in [-0.25, -0.2) is 0 Å². The van der Waals surface area contributed by atoms with Crippen LogP contribution in [0.25, 0.3) is 10.9 Å². The van der Waals surface area contributed by atoms with Crippen LogP contribution in [0.2, 0.25) is 0 Å². The van der Waals surface area contributed by atoms with Crippen molar-refractivity contribution in [3.63, 3.8) is 0 Å². The van der Waals surface area contributed by atoms with E-state index in [0.29, 0.717) is 12.8 Å². The van der Waals surface area contributed by atoms with E-state index in [2.05, 4.69) is 52.8 Å². The van der Waals surface area contributed by atoms with E-state index in [-0.39, 0.29) is 0 Å². The molecule has 1 aromatic heterocycles. The van der Waals surface area contributed by atoms with Crippen LogP contribution in [0.4, 0.5) is 5.69 Å². The van der Waals surface area contributed by atoms with Gasteiger partial charge in [0.15, 0.2) is 5.75 Å². The fourth-order valence-electron chi connectivity index (χ4n) is 4.78. The van der Waals surface area contributed by atoms with E-state index in [1.54, 1.807) is 7.11 Å². The number of ether oxygens (including phenoxy) is 2. The van der Waals surface area contributed by atoms with Gasteiger partial charge < -0.3 is 14.4 Å². The molecule has 3 aromatic rings. The average Bonchev–Trinajstić information content (AvgIpc) is 2.84. The van der Waals surface area contributed by atoms with E-state index < -0.39 is 0 Å². The van der Waals surface area contributed by atoms with Crippen LogP contribution >= 0.6 is 0 Å². The number of piperazine rings is 1. The number of fused-ring (bicyclic) bond motifs is 3. The number of para-hydroxylation sites is 2. The van der Waals surface area contributed by atoms with E-state index in [9.17, 15) is 0 Å². The van der Waals surface area contributed by atoms with Gasteiger partial charge in [-0.3, -0.25) is 14.8 Å². The Morgan fingerprint density at radius 3 is 2.66 bits per heavy atom. The van der Waals surface area contributed by atoms with Crippen molar-refractivity contribution in [1.82, 2.24) is 14.8 Å². The molecule has 6 nitrogen and oxygen atoms in total. The summed E-state index contributed by atoms with van der Waals surface area (Å²) in [7, 11) is 1.74. The van der Waals surface area contributed by atoms with Crippen LogP contribution in [-0.2, 0) is 13.1 Å². The van der Waals surface area contributed by atoms with E-state index in [4.69, 9.17) is 14.5 Å². The first-order chi connectivity index (χ1) is 15.6. The van der Waals surface area contributed by atoms with Gasteiger partial charge in [-0.2, -0.15) is 0 Å². The van der Waals surface area contributed by atoms with E-state index in [1.165, 1.54) is 22.2 Å². The summed E-state index contributed by atoms with van der Waals surface area (Å²) in [5.41, 5.74) is 4.77. The van der Waals surface area contributed by atoms with Crippen molar-refractivity contribution in [3.05, 3.63) is 59.8 Å². The van der Waals surface area contributed by atoms with Crippen LogP contribution < -0.4 is 14.4 Å². The Kier molecular flexibility index (Phi) is 5.89. The van der Waals surface area contributed by atoms with Gasteiger partial charge in [-0.15, -0.1) is 0 Å². The molecule has 1 fully saturated rings. The lowest BCUT2D eigenvalue weighted by atomic mass is 10.0. The first-order valence-corrected chi connectivity index (χ1v) is 11.5. The Bertz CT molecular complexity index is 1090. The number of aromatic nitrogens is 1. The number of hydrogen-bond acceptors (Lipinski definition) is 6. The lowest BCUT2D eigenvalue weighted by Gasteiger charge is -2.37. The number of nitrogens with zero attached hydrogens (tertiary/aromatic N) is 4. The highest BCUT2D eigenvalue weighted by molar-refractivity contribution is 5.89. The number of hydrogen-bond donors (Lipinski definition) is 0. The Morgan fingerprint density at radius 1 is 1.06 bits per heavy atom. The third kappa shape index (κ3) is 4.00. The first kappa shape index (κ1) is 21.0. The Labute approximate surface area is 190 Å². The highest BCUT2D eigenvalue weighted by atomic mass is 16.5. The third-order valence-electron chi connectivity index (χ3n) is 6.68. The van der Waals surface area contributed by atoms with Gasteiger partial charge in [0, 0.05) is 62.5 Å². The second-order valence-electron chi connectivity index (χ2n) is 8.97. The molecule has 5 rings (SSSR count). The number of benzene rings is 2. The van der Waals surface area contributed by atoms with Crippen LogP contribution in [0.1, 0.15) is 25.0 Å². The van der Waals surface area contributed by atoms with Crippen LogP contribution in [-0.4, -0.2) is 60.8 Å². The van der Waals surface area contributed by atoms with Gasteiger partial charge in [-0.05, 0) is 43.7 Å². The summed E-state index contributed by atoms with van der Waals surface area (Å²) in [6.45, 7) is 10.9. The summed E-state index contributed by atoms with van der Waals surface area (Å²) in [6.07, 6.45) is 1.87. The molecule has 6 heteroatoms. The smallest absolute Gasteiger partial charge is 0.152 e. The Balaban J connectivity index is 1.36. The van der Waals surface area contributed by atoms with Gasteiger partial charge >= 0.3 is 0 Å². The number of rotatable bonds is 5. The largest absolute Gasteiger partial charge is 0.495 e. The second kappa shape index (κ2) is 8.96. The molecule has 32 heavy (non-hydrogen) atoms. The maximum Gasteiger partial charge on any atom is 0.152 e. The minimum atomic E-state index is 0.453. The fourth-order valence-corrected chi connectivity index (χ4v) is 4.78. The molecule has 168 valence electrons. The molecule has 0 spiro atoms. The second-order valence-corrected chi connectivity index (χ2v) is 8.97. The summed E-state index contributed by atoms with van der Waals surface area (Å²) < 4.78 is 11.7. The fraction of sp³-hybridized carbons (Fsp3) is 0.423. The molecule has 2 aliphatic heterocycles. The summed E-state index contributed by atoms with van der Waals surface area (Å²) in [5.74, 6) is 1.91. The van der Waals surface area contributed by atoms with Crippen molar-refractivity contribution in [1.29, 1.82) is 0 Å². The predicted molar refractivity (Wildman–Crippen MR) is 128 cm³/mol. The number of pyridine rings is 1. The molecule has 0 aliphatic carbocycles. The summed E-state index contributed by atoms with van der Waals surface area (Å²) >= 11 is 0. The van der Waals surface area contributed by atoms with E-state index >= 15 is 0 Å². The SMILES string of the molecule is COc1ccccc1N1CCN(Cc2cc3c(c4ncccc24)OCN(C(C)C)C3)CC1. The number of methoxy groups -OCH3 is 1. The van der Waals surface area contributed by atoms with Crippen LogP contribution in [0.3, 0.4) is 0 Å². The van der Waals surface area contributed by atoms with Crippen molar-refractivity contribution in [2.45, 2.75) is 33.0 Å². The van der Waals surface area contributed by atoms with Crippen molar-refractivity contribution < 1.29 is 9.47 Å². The average molecular weight is 433 g/mol. The topological polar surface area (TPSA) is 41.1 Å². The summed E-state index contributed by atoms with van der Waals surface area (Å²) in [4.78, 5) is 12.0. The molecule has 0 atom stereocenters.